The molecular formula is C14H17Br2N3. The molecule has 1 aromatic carbocycles. The van der Waals surface area contributed by atoms with Gasteiger partial charge in [-0.3, -0.25) is 4.68 Å². The number of benzene rings is 1. The molecule has 3 nitrogen and oxygen atoms in total. The highest BCUT2D eigenvalue weighted by molar-refractivity contribution is 9.11. The predicted molar refractivity (Wildman–Crippen MR) is 85.3 cm³/mol. The Hall–Kier alpha value is -0.650. The third kappa shape index (κ3) is 3.27. The van der Waals surface area contributed by atoms with Crippen molar-refractivity contribution in [3.05, 3.63) is 50.7 Å². The van der Waals surface area contributed by atoms with Crippen LogP contribution in [-0.4, -0.2) is 16.3 Å². The van der Waals surface area contributed by atoms with Gasteiger partial charge in [0.15, 0.2) is 0 Å². The number of aryl methyl sites for hydroxylation is 1. The predicted octanol–water partition coefficient (Wildman–Crippen LogP) is 4.13. The molecule has 0 aliphatic rings. The molecule has 5 heteroatoms. The standard InChI is InChI=1S/C14H17Br2N3/c1-3-17-14(13-7-8-18-19(13)4-2)11-9-10(15)5-6-12(11)16/h5-9,14,17H,3-4H2,1-2H3. The first-order valence-electron chi connectivity index (χ1n) is 6.37. The Morgan fingerprint density at radius 3 is 2.74 bits per heavy atom. The minimum atomic E-state index is 0.138. The topological polar surface area (TPSA) is 29.9 Å². The Morgan fingerprint density at radius 1 is 1.26 bits per heavy atom. The van der Waals surface area contributed by atoms with Crippen LogP contribution >= 0.6 is 31.9 Å². The van der Waals surface area contributed by atoms with Crippen molar-refractivity contribution in [2.75, 3.05) is 6.54 Å². The van der Waals surface area contributed by atoms with Gasteiger partial charge < -0.3 is 5.32 Å². The van der Waals surface area contributed by atoms with Gasteiger partial charge in [-0.2, -0.15) is 5.10 Å². The molecule has 1 atom stereocenters. The normalized spacial score (nSPS) is 12.6. The van der Waals surface area contributed by atoms with E-state index in [-0.39, 0.29) is 6.04 Å². The Bertz CT molecular complexity index is 551. The SMILES string of the molecule is CCNC(c1cc(Br)ccc1Br)c1ccnn1CC. The van der Waals surface area contributed by atoms with Crippen LogP contribution in [0, 0.1) is 0 Å². The Labute approximate surface area is 130 Å². The molecule has 1 unspecified atom stereocenters. The van der Waals surface area contributed by atoms with E-state index in [2.05, 4.69) is 74.3 Å². The maximum atomic E-state index is 4.37. The number of rotatable bonds is 5. The fourth-order valence-electron chi connectivity index (χ4n) is 2.17. The first-order chi connectivity index (χ1) is 9.17. The van der Waals surface area contributed by atoms with E-state index in [9.17, 15) is 0 Å². The van der Waals surface area contributed by atoms with Gasteiger partial charge in [-0.25, -0.2) is 0 Å². The number of nitrogens with zero attached hydrogens (tertiary/aromatic N) is 2. The number of halogens is 2. The number of hydrogen-bond acceptors (Lipinski definition) is 2. The molecule has 0 bridgehead atoms. The molecule has 2 rings (SSSR count). The zero-order valence-electron chi connectivity index (χ0n) is 11.0. The van der Waals surface area contributed by atoms with E-state index in [1.807, 2.05) is 16.9 Å². The first-order valence-corrected chi connectivity index (χ1v) is 7.96. The molecule has 102 valence electrons. The van der Waals surface area contributed by atoms with Crippen LogP contribution in [0.1, 0.15) is 31.1 Å². The lowest BCUT2D eigenvalue weighted by Crippen LogP contribution is -2.25. The van der Waals surface area contributed by atoms with Gasteiger partial charge in [0.05, 0.1) is 11.7 Å². The van der Waals surface area contributed by atoms with Crippen molar-refractivity contribution in [1.82, 2.24) is 15.1 Å². The van der Waals surface area contributed by atoms with Gasteiger partial charge in [0.2, 0.25) is 0 Å². The Kier molecular flexibility index (Phi) is 5.19. The maximum Gasteiger partial charge on any atom is 0.0759 e. The molecule has 0 spiro atoms. The quantitative estimate of drug-likeness (QED) is 0.837. The van der Waals surface area contributed by atoms with Crippen LogP contribution in [-0.2, 0) is 6.54 Å². The zero-order chi connectivity index (χ0) is 13.8. The molecule has 0 fully saturated rings. The summed E-state index contributed by atoms with van der Waals surface area (Å²) < 4.78 is 4.21. The summed E-state index contributed by atoms with van der Waals surface area (Å²) in [6, 6.07) is 8.46. The van der Waals surface area contributed by atoms with Crippen molar-refractivity contribution < 1.29 is 0 Å². The van der Waals surface area contributed by atoms with Gasteiger partial charge >= 0.3 is 0 Å². The number of aromatic nitrogens is 2. The van der Waals surface area contributed by atoms with Gasteiger partial charge in [0.1, 0.15) is 0 Å². The van der Waals surface area contributed by atoms with Crippen LogP contribution in [0.15, 0.2) is 39.4 Å². The zero-order valence-corrected chi connectivity index (χ0v) is 14.2. The Morgan fingerprint density at radius 2 is 2.05 bits per heavy atom. The summed E-state index contributed by atoms with van der Waals surface area (Å²) in [7, 11) is 0. The van der Waals surface area contributed by atoms with Crippen LogP contribution in [0.25, 0.3) is 0 Å². The third-order valence-corrected chi connectivity index (χ3v) is 4.24. The lowest BCUT2D eigenvalue weighted by molar-refractivity contribution is 0.541. The van der Waals surface area contributed by atoms with Crippen LogP contribution in [0.2, 0.25) is 0 Å². The molecule has 0 saturated heterocycles. The molecule has 0 saturated carbocycles. The highest BCUT2D eigenvalue weighted by atomic mass is 79.9. The molecule has 1 heterocycles. The van der Waals surface area contributed by atoms with Crippen molar-refractivity contribution in [2.45, 2.75) is 26.4 Å². The second-order valence-corrected chi connectivity index (χ2v) is 6.00. The van der Waals surface area contributed by atoms with Crippen LogP contribution in [0.3, 0.4) is 0 Å². The van der Waals surface area contributed by atoms with Gasteiger partial charge in [-0.1, -0.05) is 38.8 Å². The van der Waals surface area contributed by atoms with Crippen molar-refractivity contribution in [1.29, 1.82) is 0 Å². The monoisotopic (exact) mass is 385 g/mol. The van der Waals surface area contributed by atoms with E-state index in [0.29, 0.717) is 0 Å². The smallest absolute Gasteiger partial charge is 0.0759 e. The highest BCUT2D eigenvalue weighted by Crippen LogP contribution is 2.31. The van der Waals surface area contributed by atoms with Gasteiger partial charge in [-0.15, -0.1) is 0 Å². The van der Waals surface area contributed by atoms with E-state index in [1.54, 1.807) is 0 Å². The number of hydrogen-bond donors (Lipinski definition) is 1. The molecule has 19 heavy (non-hydrogen) atoms. The first kappa shape index (κ1) is 14.8. The molecule has 0 radical (unpaired) electrons. The fourth-order valence-corrected chi connectivity index (χ4v) is 3.02. The molecule has 0 aliphatic carbocycles. The molecule has 1 N–H and O–H groups in total. The molecule has 2 aromatic rings. The summed E-state index contributed by atoms with van der Waals surface area (Å²) in [6.45, 7) is 6.00. The van der Waals surface area contributed by atoms with E-state index < -0.39 is 0 Å². The summed E-state index contributed by atoms with van der Waals surface area (Å²) >= 11 is 7.19. The maximum absolute atomic E-state index is 4.37. The average molecular weight is 387 g/mol. The summed E-state index contributed by atoms with van der Waals surface area (Å²) in [5, 5.41) is 7.90. The van der Waals surface area contributed by atoms with E-state index >= 15 is 0 Å². The molecule has 1 aromatic heterocycles. The van der Waals surface area contributed by atoms with Crippen molar-refractivity contribution in [2.24, 2.45) is 0 Å². The van der Waals surface area contributed by atoms with Gasteiger partial charge in [0.25, 0.3) is 0 Å². The lowest BCUT2D eigenvalue weighted by atomic mass is 10.0. The lowest BCUT2D eigenvalue weighted by Gasteiger charge is -2.21. The van der Waals surface area contributed by atoms with Gasteiger partial charge in [0, 0.05) is 21.7 Å². The average Bonchev–Trinajstić information content (AvgIpc) is 2.87. The minimum absolute atomic E-state index is 0.138. The van der Waals surface area contributed by atoms with Crippen LogP contribution in [0.5, 0.6) is 0 Å². The van der Waals surface area contributed by atoms with E-state index in [0.717, 1.165) is 22.0 Å². The molecule has 0 aliphatic heterocycles. The summed E-state index contributed by atoms with van der Waals surface area (Å²) in [4.78, 5) is 0. The molecular weight excluding hydrogens is 370 g/mol. The largest absolute Gasteiger partial charge is 0.305 e. The van der Waals surface area contributed by atoms with Crippen LogP contribution in [0.4, 0.5) is 0 Å². The summed E-state index contributed by atoms with van der Waals surface area (Å²) in [5.74, 6) is 0. The molecule has 0 amide bonds. The highest BCUT2D eigenvalue weighted by Gasteiger charge is 2.19. The van der Waals surface area contributed by atoms with Crippen LogP contribution < -0.4 is 5.32 Å². The second kappa shape index (κ2) is 6.68. The van der Waals surface area contributed by atoms with Crippen molar-refractivity contribution in [3.8, 4) is 0 Å². The van der Waals surface area contributed by atoms with E-state index in [4.69, 9.17) is 0 Å². The number of nitrogens with one attached hydrogen (secondary N) is 1. The van der Waals surface area contributed by atoms with Crippen molar-refractivity contribution in [3.63, 3.8) is 0 Å². The Balaban J connectivity index is 2.48. The third-order valence-electron chi connectivity index (χ3n) is 3.02. The minimum Gasteiger partial charge on any atom is -0.305 e. The van der Waals surface area contributed by atoms with Gasteiger partial charge in [-0.05, 0) is 43.3 Å². The summed E-state index contributed by atoms with van der Waals surface area (Å²) in [6.07, 6.45) is 1.86. The fraction of sp³-hybridized carbons (Fsp3) is 0.357. The van der Waals surface area contributed by atoms with Crippen molar-refractivity contribution >= 4 is 31.9 Å². The summed E-state index contributed by atoms with van der Waals surface area (Å²) in [5.41, 5.74) is 2.40. The second-order valence-electron chi connectivity index (χ2n) is 4.23. The van der Waals surface area contributed by atoms with E-state index in [1.165, 1.54) is 11.3 Å².